The molecule has 1 amide bonds. The number of imidazole rings is 1. The first kappa shape index (κ1) is 20.9. The maximum absolute atomic E-state index is 12.7. The van der Waals surface area contributed by atoms with Gasteiger partial charge in [0.25, 0.3) is 5.91 Å². The van der Waals surface area contributed by atoms with Crippen LogP contribution in [-0.2, 0) is 11.3 Å². The SMILES string of the molecule is Cc1nccn1[C@@H]1CC[C@@H](N(C)C(=O)COc2ccc(CN3CCCC3)cc2)[C@H]1O. The summed E-state index contributed by atoms with van der Waals surface area (Å²) in [6.07, 6.45) is 7.18. The van der Waals surface area contributed by atoms with Crippen molar-refractivity contribution in [3.05, 3.63) is 48.0 Å². The summed E-state index contributed by atoms with van der Waals surface area (Å²) >= 11 is 0. The van der Waals surface area contributed by atoms with E-state index in [1.807, 2.05) is 29.8 Å². The number of carbonyl (C=O) groups excluding carboxylic acids is 1. The molecule has 1 aromatic heterocycles. The lowest BCUT2D eigenvalue weighted by Gasteiger charge is -2.29. The van der Waals surface area contributed by atoms with Crippen molar-refractivity contribution in [2.45, 2.75) is 57.3 Å². The average Bonchev–Trinajstić information content (AvgIpc) is 3.49. The Bertz CT molecular complexity index is 844. The molecule has 7 heteroatoms. The van der Waals surface area contributed by atoms with Gasteiger partial charge in [-0.3, -0.25) is 9.69 Å². The van der Waals surface area contributed by atoms with Crippen LogP contribution in [-0.4, -0.2) is 69.3 Å². The smallest absolute Gasteiger partial charge is 0.260 e. The Morgan fingerprint density at radius 1 is 1.23 bits per heavy atom. The van der Waals surface area contributed by atoms with E-state index in [1.54, 1.807) is 18.1 Å². The van der Waals surface area contributed by atoms with Gasteiger partial charge in [0.1, 0.15) is 11.6 Å². The Morgan fingerprint density at radius 2 is 1.97 bits per heavy atom. The molecular weight excluding hydrogens is 380 g/mol. The van der Waals surface area contributed by atoms with E-state index >= 15 is 0 Å². The van der Waals surface area contributed by atoms with Gasteiger partial charge in [0.2, 0.25) is 0 Å². The molecule has 2 aliphatic rings. The van der Waals surface area contributed by atoms with Crippen LogP contribution in [0.4, 0.5) is 0 Å². The van der Waals surface area contributed by atoms with Crippen molar-refractivity contribution in [1.82, 2.24) is 19.4 Å². The van der Waals surface area contributed by atoms with Crippen molar-refractivity contribution in [2.75, 3.05) is 26.7 Å². The molecule has 2 heterocycles. The summed E-state index contributed by atoms with van der Waals surface area (Å²) in [5.41, 5.74) is 1.27. The molecule has 0 spiro atoms. The van der Waals surface area contributed by atoms with Gasteiger partial charge in [0, 0.05) is 26.0 Å². The van der Waals surface area contributed by atoms with Crippen LogP contribution in [0.25, 0.3) is 0 Å². The summed E-state index contributed by atoms with van der Waals surface area (Å²) in [4.78, 5) is 21.0. The number of likely N-dealkylation sites (tertiary alicyclic amines) is 1. The number of hydrogen-bond acceptors (Lipinski definition) is 5. The second kappa shape index (κ2) is 9.18. The van der Waals surface area contributed by atoms with E-state index in [0.29, 0.717) is 5.75 Å². The normalized spacial score (nSPS) is 24.3. The zero-order valence-corrected chi connectivity index (χ0v) is 17.9. The number of aliphatic hydroxyl groups excluding tert-OH is 1. The summed E-state index contributed by atoms with van der Waals surface area (Å²) in [5, 5.41) is 10.8. The Balaban J connectivity index is 1.28. The topological polar surface area (TPSA) is 70.8 Å². The molecule has 0 bridgehead atoms. The monoisotopic (exact) mass is 412 g/mol. The van der Waals surface area contributed by atoms with Crippen LogP contribution < -0.4 is 4.74 Å². The number of amides is 1. The number of aromatic nitrogens is 2. The maximum atomic E-state index is 12.7. The molecule has 1 aliphatic carbocycles. The maximum Gasteiger partial charge on any atom is 0.260 e. The molecule has 2 aromatic rings. The molecule has 162 valence electrons. The van der Waals surface area contributed by atoms with Crippen LogP contribution in [0.5, 0.6) is 5.75 Å². The quantitative estimate of drug-likeness (QED) is 0.756. The predicted octanol–water partition coefficient (Wildman–Crippen LogP) is 2.39. The van der Waals surface area contributed by atoms with Gasteiger partial charge in [-0.1, -0.05) is 12.1 Å². The highest BCUT2D eigenvalue weighted by Crippen LogP contribution is 2.34. The van der Waals surface area contributed by atoms with Crippen LogP contribution in [0.1, 0.15) is 43.1 Å². The van der Waals surface area contributed by atoms with Gasteiger partial charge >= 0.3 is 0 Å². The minimum absolute atomic E-state index is 0.0278. The number of carbonyl (C=O) groups is 1. The van der Waals surface area contributed by atoms with Gasteiger partial charge in [-0.2, -0.15) is 0 Å². The third kappa shape index (κ3) is 4.52. The average molecular weight is 413 g/mol. The molecule has 0 unspecified atom stereocenters. The Labute approximate surface area is 178 Å². The highest BCUT2D eigenvalue weighted by atomic mass is 16.5. The Morgan fingerprint density at radius 3 is 2.63 bits per heavy atom. The third-order valence-corrected chi connectivity index (χ3v) is 6.55. The number of rotatable bonds is 7. The molecule has 3 atom stereocenters. The van der Waals surface area contributed by atoms with E-state index in [4.69, 9.17) is 4.74 Å². The van der Waals surface area contributed by atoms with Gasteiger partial charge < -0.3 is 19.3 Å². The molecule has 4 rings (SSSR count). The van der Waals surface area contributed by atoms with Crippen molar-refractivity contribution < 1.29 is 14.6 Å². The molecule has 1 aliphatic heterocycles. The van der Waals surface area contributed by atoms with Crippen molar-refractivity contribution >= 4 is 5.91 Å². The number of likely N-dealkylation sites (N-methyl/N-ethyl adjacent to an activating group) is 1. The fraction of sp³-hybridized carbons (Fsp3) is 0.565. The van der Waals surface area contributed by atoms with Crippen molar-refractivity contribution in [2.24, 2.45) is 0 Å². The number of nitrogens with zero attached hydrogens (tertiary/aromatic N) is 4. The Kier molecular flexibility index (Phi) is 6.39. The van der Waals surface area contributed by atoms with E-state index in [1.165, 1.54) is 31.5 Å². The molecule has 1 N–H and O–H groups in total. The summed E-state index contributed by atoms with van der Waals surface area (Å²) < 4.78 is 7.73. The molecule has 1 saturated heterocycles. The van der Waals surface area contributed by atoms with Gasteiger partial charge in [-0.05, 0) is 63.4 Å². The minimum atomic E-state index is -0.614. The highest BCUT2D eigenvalue weighted by Gasteiger charge is 2.40. The lowest BCUT2D eigenvalue weighted by molar-refractivity contribution is -0.136. The predicted molar refractivity (Wildman–Crippen MR) is 114 cm³/mol. The van der Waals surface area contributed by atoms with E-state index in [0.717, 1.165) is 25.2 Å². The summed E-state index contributed by atoms with van der Waals surface area (Å²) in [5.74, 6) is 1.45. The molecule has 7 nitrogen and oxygen atoms in total. The molecule has 2 fully saturated rings. The minimum Gasteiger partial charge on any atom is -0.484 e. The summed E-state index contributed by atoms with van der Waals surface area (Å²) in [6.45, 7) is 5.22. The number of ether oxygens (including phenoxy) is 1. The summed E-state index contributed by atoms with van der Waals surface area (Å²) in [7, 11) is 1.75. The van der Waals surface area contributed by atoms with Crippen molar-refractivity contribution in [3.63, 3.8) is 0 Å². The fourth-order valence-electron chi connectivity index (χ4n) is 4.73. The lowest BCUT2D eigenvalue weighted by atomic mass is 10.1. The fourth-order valence-corrected chi connectivity index (χ4v) is 4.73. The Hall–Kier alpha value is -2.38. The molecule has 1 aromatic carbocycles. The van der Waals surface area contributed by atoms with Crippen molar-refractivity contribution in [3.8, 4) is 5.75 Å². The number of hydrogen-bond donors (Lipinski definition) is 1. The zero-order chi connectivity index (χ0) is 21.1. The van der Waals surface area contributed by atoms with Crippen LogP contribution in [0.15, 0.2) is 36.7 Å². The lowest BCUT2D eigenvalue weighted by Crippen LogP contribution is -2.45. The van der Waals surface area contributed by atoms with E-state index in [9.17, 15) is 9.90 Å². The molecule has 30 heavy (non-hydrogen) atoms. The molecule has 0 radical (unpaired) electrons. The van der Waals surface area contributed by atoms with Crippen LogP contribution in [0, 0.1) is 6.92 Å². The van der Waals surface area contributed by atoms with Gasteiger partial charge in [0.15, 0.2) is 6.61 Å². The first-order chi connectivity index (χ1) is 14.5. The van der Waals surface area contributed by atoms with E-state index in [-0.39, 0.29) is 24.6 Å². The van der Waals surface area contributed by atoms with Gasteiger partial charge in [-0.25, -0.2) is 4.98 Å². The summed E-state index contributed by atoms with van der Waals surface area (Å²) in [6, 6.07) is 7.75. The standard InChI is InChI=1S/C23H32N4O3/c1-17-24-11-14-27(17)21-10-9-20(23(21)29)25(2)22(28)16-30-19-7-5-18(6-8-19)15-26-12-3-4-13-26/h5-8,11,14,20-21,23,29H,3-4,9-10,12-13,15-16H2,1-2H3/t20-,21-,23-/m1/s1. The molecular formula is C23H32N4O3. The van der Waals surface area contributed by atoms with E-state index < -0.39 is 6.10 Å². The second-order valence-corrected chi connectivity index (χ2v) is 8.50. The third-order valence-electron chi connectivity index (χ3n) is 6.55. The number of aliphatic hydroxyl groups is 1. The zero-order valence-electron chi connectivity index (χ0n) is 17.9. The van der Waals surface area contributed by atoms with Gasteiger partial charge in [0.05, 0.1) is 18.2 Å². The largest absolute Gasteiger partial charge is 0.484 e. The number of aryl methyl sites for hydroxylation is 1. The highest BCUT2D eigenvalue weighted by molar-refractivity contribution is 5.78. The van der Waals surface area contributed by atoms with Crippen LogP contribution >= 0.6 is 0 Å². The first-order valence-corrected chi connectivity index (χ1v) is 10.9. The van der Waals surface area contributed by atoms with Crippen LogP contribution in [0.3, 0.4) is 0 Å². The van der Waals surface area contributed by atoms with Crippen LogP contribution in [0.2, 0.25) is 0 Å². The second-order valence-electron chi connectivity index (χ2n) is 8.50. The number of benzene rings is 1. The van der Waals surface area contributed by atoms with Crippen molar-refractivity contribution in [1.29, 1.82) is 0 Å². The van der Waals surface area contributed by atoms with E-state index in [2.05, 4.69) is 22.0 Å². The first-order valence-electron chi connectivity index (χ1n) is 10.9. The molecule has 1 saturated carbocycles. The van der Waals surface area contributed by atoms with Gasteiger partial charge in [-0.15, -0.1) is 0 Å².